The van der Waals surface area contributed by atoms with Crippen LogP contribution < -0.4 is 5.73 Å². The molecule has 68 valence electrons. The average Bonchev–Trinajstić information content (AvgIpc) is 2.37. The van der Waals surface area contributed by atoms with Gasteiger partial charge in [-0.3, -0.25) is 9.19 Å². The number of nitrogens with zero attached hydrogens (tertiary/aromatic N) is 1. The summed E-state index contributed by atoms with van der Waals surface area (Å²) >= 11 is 1.53. The molecule has 1 heterocycles. The van der Waals surface area contributed by atoms with Gasteiger partial charge >= 0.3 is 0 Å². The third-order valence-electron chi connectivity index (χ3n) is 1.24. The Bertz CT molecular complexity index is 246. The van der Waals surface area contributed by atoms with E-state index in [0.717, 1.165) is 4.88 Å². The van der Waals surface area contributed by atoms with E-state index in [1.165, 1.54) is 11.3 Å². The molecule has 12 heavy (non-hydrogen) atoms. The monoisotopic (exact) mass is 204 g/mol. The SMILES string of the molecule is CC(N)CS(=O)Cc1cncs1. The zero-order valence-electron chi connectivity index (χ0n) is 6.90. The highest BCUT2D eigenvalue weighted by molar-refractivity contribution is 7.84. The number of hydrogen-bond donors (Lipinski definition) is 1. The largest absolute Gasteiger partial charge is 0.327 e. The van der Waals surface area contributed by atoms with Crippen molar-refractivity contribution >= 4 is 22.1 Å². The molecule has 0 aliphatic carbocycles. The van der Waals surface area contributed by atoms with Crippen LogP contribution in [0.3, 0.4) is 0 Å². The Hall–Kier alpha value is -0.260. The topological polar surface area (TPSA) is 56.0 Å². The van der Waals surface area contributed by atoms with Crippen LogP contribution in [0.15, 0.2) is 11.7 Å². The lowest BCUT2D eigenvalue weighted by atomic mass is 10.4. The third kappa shape index (κ3) is 3.42. The van der Waals surface area contributed by atoms with Crippen molar-refractivity contribution in [1.82, 2.24) is 4.98 Å². The molecule has 0 aliphatic heterocycles. The van der Waals surface area contributed by atoms with E-state index < -0.39 is 10.8 Å². The van der Waals surface area contributed by atoms with Gasteiger partial charge in [-0.1, -0.05) is 0 Å². The Morgan fingerprint density at radius 1 is 1.83 bits per heavy atom. The van der Waals surface area contributed by atoms with Gasteiger partial charge in [0.2, 0.25) is 0 Å². The molecule has 0 saturated heterocycles. The minimum atomic E-state index is -0.834. The van der Waals surface area contributed by atoms with Gasteiger partial charge in [-0.15, -0.1) is 11.3 Å². The van der Waals surface area contributed by atoms with Gasteiger partial charge in [0.15, 0.2) is 0 Å². The van der Waals surface area contributed by atoms with Crippen molar-refractivity contribution in [2.75, 3.05) is 5.75 Å². The Balaban J connectivity index is 2.37. The van der Waals surface area contributed by atoms with E-state index in [9.17, 15) is 4.21 Å². The van der Waals surface area contributed by atoms with E-state index in [-0.39, 0.29) is 6.04 Å². The number of rotatable bonds is 4. The lowest BCUT2D eigenvalue weighted by Crippen LogP contribution is -2.23. The fourth-order valence-corrected chi connectivity index (χ4v) is 2.97. The smallest absolute Gasteiger partial charge is 0.0794 e. The molecule has 0 aromatic carbocycles. The number of hydrogen-bond acceptors (Lipinski definition) is 4. The van der Waals surface area contributed by atoms with E-state index in [1.807, 2.05) is 6.92 Å². The second-order valence-electron chi connectivity index (χ2n) is 2.70. The van der Waals surface area contributed by atoms with E-state index in [2.05, 4.69) is 4.98 Å². The van der Waals surface area contributed by atoms with E-state index in [1.54, 1.807) is 11.7 Å². The summed E-state index contributed by atoms with van der Waals surface area (Å²) in [5.41, 5.74) is 7.27. The fourth-order valence-electron chi connectivity index (χ4n) is 0.824. The van der Waals surface area contributed by atoms with Gasteiger partial charge in [-0.25, -0.2) is 0 Å². The molecule has 0 radical (unpaired) electrons. The summed E-state index contributed by atoms with van der Waals surface area (Å²) in [6, 6.07) is 0.0127. The highest BCUT2D eigenvalue weighted by Crippen LogP contribution is 2.08. The summed E-state index contributed by atoms with van der Waals surface area (Å²) in [5, 5.41) is 0. The summed E-state index contributed by atoms with van der Waals surface area (Å²) in [6.07, 6.45) is 1.75. The van der Waals surface area contributed by atoms with Crippen LogP contribution >= 0.6 is 11.3 Å². The maximum absolute atomic E-state index is 11.3. The van der Waals surface area contributed by atoms with E-state index in [0.29, 0.717) is 11.5 Å². The van der Waals surface area contributed by atoms with Crippen LogP contribution in [0.2, 0.25) is 0 Å². The molecular formula is C7H12N2OS2. The van der Waals surface area contributed by atoms with Crippen LogP contribution in [0.25, 0.3) is 0 Å². The van der Waals surface area contributed by atoms with Crippen molar-refractivity contribution in [3.63, 3.8) is 0 Å². The predicted octanol–water partition coefficient (Wildman–Crippen LogP) is 0.739. The lowest BCUT2D eigenvalue weighted by Gasteiger charge is -2.02. The van der Waals surface area contributed by atoms with Gasteiger partial charge < -0.3 is 5.73 Å². The average molecular weight is 204 g/mol. The molecule has 1 aromatic rings. The molecule has 0 amide bonds. The second-order valence-corrected chi connectivity index (χ2v) is 5.17. The zero-order chi connectivity index (χ0) is 8.97. The number of nitrogens with two attached hydrogens (primary N) is 1. The van der Waals surface area contributed by atoms with Gasteiger partial charge in [0, 0.05) is 33.7 Å². The normalized spacial score (nSPS) is 15.8. The molecule has 2 N–H and O–H groups in total. The Morgan fingerprint density at radius 2 is 2.58 bits per heavy atom. The van der Waals surface area contributed by atoms with Crippen molar-refractivity contribution in [3.05, 3.63) is 16.6 Å². The van der Waals surface area contributed by atoms with Crippen molar-refractivity contribution in [2.24, 2.45) is 5.73 Å². The molecule has 5 heteroatoms. The van der Waals surface area contributed by atoms with Gasteiger partial charge in [0.25, 0.3) is 0 Å². The summed E-state index contributed by atoms with van der Waals surface area (Å²) in [4.78, 5) is 4.97. The van der Waals surface area contributed by atoms with E-state index >= 15 is 0 Å². The van der Waals surface area contributed by atoms with E-state index in [4.69, 9.17) is 5.73 Å². The first-order valence-electron chi connectivity index (χ1n) is 3.66. The molecule has 2 unspecified atom stereocenters. The molecule has 0 aliphatic rings. The first kappa shape index (κ1) is 9.83. The number of aromatic nitrogens is 1. The fraction of sp³-hybridized carbons (Fsp3) is 0.571. The van der Waals surface area contributed by atoms with Crippen LogP contribution in [0, 0.1) is 0 Å². The summed E-state index contributed by atoms with van der Waals surface area (Å²) in [7, 11) is -0.834. The van der Waals surface area contributed by atoms with Crippen LogP contribution in [0.5, 0.6) is 0 Å². The molecular weight excluding hydrogens is 192 g/mol. The summed E-state index contributed by atoms with van der Waals surface area (Å²) < 4.78 is 11.3. The molecule has 0 spiro atoms. The summed E-state index contributed by atoms with van der Waals surface area (Å²) in [5.74, 6) is 1.16. The van der Waals surface area contributed by atoms with Crippen LogP contribution in [-0.2, 0) is 16.6 Å². The van der Waals surface area contributed by atoms with Crippen molar-refractivity contribution in [3.8, 4) is 0 Å². The molecule has 0 fully saturated rings. The molecule has 1 rings (SSSR count). The minimum absolute atomic E-state index is 0.0127. The maximum atomic E-state index is 11.3. The minimum Gasteiger partial charge on any atom is -0.327 e. The maximum Gasteiger partial charge on any atom is 0.0794 e. The Labute approximate surface area is 78.5 Å². The highest BCUT2D eigenvalue weighted by atomic mass is 32.2. The quantitative estimate of drug-likeness (QED) is 0.787. The van der Waals surface area contributed by atoms with Gasteiger partial charge in [0.1, 0.15) is 0 Å². The molecule has 0 bridgehead atoms. The third-order valence-corrected chi connectivity index (χ3v) is 3.73. The standard InChI is InChI=1S/C7H12N2OS2/c1-6(8)3-12(10)4-7-2-9-5-11-7/h2,5-6H,3-4,8H2,1H3. The predicted molar refractivity (Wildman–Crippen MR) is 52.5 cm³/mol. The highest BCUT2D eigenvalue weighted by Gasteiger charge is 2.05. The first-order valence-corrected chi connectivity index (χ1v) is 6.03. The Kier molecular flexibility index (Phi) is 3.84. The molecule has 0 saturated carbocycles. The zero-order valence-corrected chi connectivity index (χ0v) is 8.53. The lowest BCUT2D eigenvalue weighted by molar-refractivity contribution is 0.676. The van der Waals surface area contributed by atoms with Crippen molar-refractivity contribution in [2.45, 2.75) is 18.7 Å². The van der Waals surface area contributed by atoms with Crippen molar-refractivity contribution < 1.29 is 4.21 Å². The summed E-state index contributed by atoms with van der Waals surface area (Å²) in [6.45, 7) is 1.87. The molecule has 1 aromatic heterocycles. The molecule has 2 atom stereocenters. The van der Waals surface area contributed by atoms with Crippen LogP contribution in [0.4, 0.5) is 0 Å². The van der Waals surface area contributed by atoms with Crippen molar-refractivity contribution in [1.29, 1.82) is 0 Å². The van der Waals surface area contributed by atoms with Crippen LogP contribution in [-0.4, -0.2) is 21.0 Å². The van der Waals surface area contributed by atoms with Gasteiger partial charge in [-0.2, -0.15) is 0 Å². The van der Waals surface area contributed by atoms with Crippen LogP contribution in [0.1, 0.15) is 11.8 Å². The van der Waals surface area contributed by atoms with Gasteiger partial charge in [-0.05, 0) is 6.92 Å². The Morgan fingerprint density at radius 3 is 3.08 bits per heavy atom. The second kappa shape index (κ2) is 4.69. The molecule has 3 nitrogen and oxygen atoms in total. The first-order chi connectivity index (χ1) is 5.68. The number of thiazole rings is 1. The van der Waals surface area contributed by atoms with Gasteiger partial charge in [0.05, 0.1) is 11.3 Å².